The van der Waals surface area contributed by atoms with Gasteiger partial charge in [-0.2, -0.15) is 0 Å². The highest BCUT2D eigenvalue weighted by molar-refractivity contribution is 5.68. The summed E-state index contributed by atoms with van der Waals surface area (Å²) < 4.78 is 5.73. The van der Waals surface area contributed by atoms with Gasteiger partial charge in [-0.15, -0.1) is 0 Å². The molecule has 7 unspecified atom stereocenters. The number of hydrogen-bond acceptors (Lipinski definition) is 8. The van der Waals surface area contributed by atoms with Gasteiger partial charge in [-0.1, -0.05) is 67.5 Å². The Balaban J connectivity index is 3.07. The summed E-state index contributed by atoms with van der Waals surface area (Å²) in [5, 5.41) is 59.2. The Morgan fingerprint density at radius 3 is 1.95 bits per heavy atom. The van der Waals surface area contributed by atoms with Gasteiger partial charge in [0.15, 0.2) is 0 Å². The zero-order valence-corrected chi connectivity index (χ0v) is 26.0. The molecule has 0 aromatic rings. The third kappa shape index (κ3) is 13.3. The second-order valence-electron chi connectivity index (χ2n) is 15.2. The van der Waals surface area contributed by atoms with Crippen LogP contribution in [0.25, 0.3) is 0 Å². The first-order valence-electron chi connectivity index (χ1n) is 14.3. The van der Waals surface area contributed by atoms with Gasteiger partial charge in [0.1, 0.15) is 11.7 Å². The third-order valence-corrected chi connectivity index (χ3v) is 7.14. The van der Waals surface area contributed by atoms with Crippen LogP contribution in [0, 0.1) is 16.2 Å². The van der Waals surface area contributed by atoms with Crippen molar-refractivity contribution in [3.63, 3.8) is 0 Å². The maximum absolute atomic E-state index is 13.0. The molecular weight excluding hydrogens is 500 g/mol. The summed E-state index contributed by atoms with van der Waals surface area (Å²) in [6.45, 7) is 20.1. The van der Waals surface area contributed by atoms with Gasteiger partial charge < -0.3 is 40.9 Å². The van der Waals surface area contributed by atoms with E-state index in [0.717, 1.165) is 6.42 Å². The first-order valence-corrected chi connectivity index (χ1v) is 14.3. The fraction of sp³-hybridized carbons (Fsp3) is 0.900. The Kier molecular flexibility index (Phi) is 12.9. The summed E-state index contributed by atoms with van der Waals surface area (Å²) in [6.07, 6.45) is -0.763. The quantitative estimate of drug-likeness (QED) is 0.191. The van der Waals surface area contributed by atoms with Crippen LogP contribution in [0.5, 0.6) is 0 Å². The lowest BCUT2D eigenvalue weighted by atomic mass is 9.71. The summed E-state index contributed by atoms with van der Waals surface area (Å²) in [4.78, 5) is 13.0. The molecule has 0 spiro atoms. The fourth-order valence-electron chi connectivity index (χ4n) is 5.93. The smallest absolute Gasteiger partial charge is 0.408 e. The zero-order valence-electron chi connectivity index (χ0n) is 26.0. The monoisotopic (exact) mass is 558 g/mol. The highest BCUT2D eigenvalue weighted by atomic mass is 16.6. The van der Waals surface area contributed by atoms with Crippen molar-refractivity contribution in [2.45, 2.75) is 150 Å². The molecule has 0 saturated carbocycles. The van der Waals surface area contributed by atoms with Crippen LogP contribution < -0.4 is 10.6 Å². The molecule has 1 amide bonds. The number of alkyl carbamates (subject to hydrolysis) is 1. The van der Waals surface area contributed by atoms with E-state index >= 15 is 0 Å². The van der Waals surface area contributed by atoms with Crippen LogP contribution in [0.15, 0.2) is 12.2 Å². The SMILES string of the molecule is CC(C)(C)CC(C)(C)OC(=O)NC(CNC1CC=CCC(O)C(O)C1O)C(O)CC(O)C(C)(C)CC(C)(C)C. The number of carbonyl (C=O) groups excluding carboxylic acids is 1. The molecule has 0 fully saturated rings. The first kappa shape index (κ1) is 35.8. The summed E-state index contributed by atoms with van der Waals surface area (Å²) in [6, 6.07) is -1.48. The van der Waals surface area contributed by atoms with Gasteiger partial charge in [-0.3, -0.25) is 0 Å². The molecule has 230 valence electrons. The average Bonchev–Trinajstić information content (AvgIpc) is 2.71. The minimum Gasteiger partial charge on any atom is -0.444 e. The molecule has 0 aliphatic heterocycles. The van der Waals surface area contributed by atoms with Crippen molar-refractivity contribution in [2.24, 2.45) is 16.2 Å². The van der Waals surface area contributed by atoms with E-state index in [-0.39, 0.29) is 30.2 Å². The molecule has 0 radical (unpaired) electrons. The van der Waals surface area contributed by atoms with Crippen molar-refractivity contribution in [2.75, 3.05) is 6.54 Å². The second kappa shape index (κ2) is 14.1. The molecule has 9 nitrogen and oxygen atoms in total. The van der Waals surface area contributed by atoms with Crippen LogP contribution >= 0.6 is 0 Å². The molecule has 0 heterocycles. The van der Waals surface area contributed by atoms with Gasteiger partial charge in [0.05, 0.1) is 30.5 Å². The van der Waals surface area contributed by atoms with Gasteiger partial charge in [-0.05, 0) is 55.8 Å². The van der Waals surface area contributed by atoms with Gasteiger partial charge in [0.25, 0.3) is 0 Å². The maximum atomic E-state index is 13.0. The van der Waals surface area contributed by atoms with Gasteiger partial charge in [0.2, 0.25) is 0 Å². The van der Waals surface area contributed by atoms with E-state index < -0.39 is 59.7 Å². The summed E-state index contributed by atoms with van der Waals surface area (Å²) >= 11 is 0. The Morgan fingerprint density at radius 1 is 0.872 bits per heavy atom. The maximum Gasteiger partial charge on any atom is 0.408 e. The van der Waals surface area contributed by atoms with E-state index in [9.17, 15) is 30.3 Å². The highest BCUT2D eigenvalue weighted by Crippen LogP contribution is 2.37. The lowest BCUT2D eigenvalue weighted by molar-refractivity contribution is -0.0726. The zero-order chi connectivity index (χ0) is 30.4. The van der Waals surface area contributed by atoms with Gasteiger partial charge in [0, 0.05) is 19.0 Å². The molecule has 0 aromatic carbocycles. The molecule has 39 heavy (non-hydrogen) atoms. The van der Waals surface area contributed by atoms with E-state index in [1.807, 2.05) is 33.8 Å². The summed E-state index contributed by atoms with van der Waals surface area (Å²) in [7, 11) is 0. The minimum atomic E-state index is -1.34. The van der Waals surface area contributed by atoms with Gasteiger partial charge in [-0.25, -0.2) is 4.79 Å². The molecular formula is C30H58N2O7. The second-order valence-corrected chi connectivity index (χ2v) is 15.2. The molecule has 7 N–H and O–H groups in total. The van der Waals surface area contributed by atoms with Crippen molar-refractivity contribution in [1.82, 2.24) is 10.6 Å². The predicted octanol–water partition coefficient (Wildman–Crippen LogP) is 3.26. The van der Waals surface area contributed by atoms with E-state index in [0.29, 0.717) is 12.8 Å². The van der Waals surface area contributed by atoms with Crippen LogP contribution in [0.2, 0.25) is 0 Å². The molecule has 0 saturated heterocycles. The molecule has 1 aliphatic carbocycles. The standard InChI is InChI=1S/C30H58N2O7/c1-27(2,3)17-29(7,8)23(35)15-22(34)20(32-26(38)39-30(9,10)18-28(4,5)6)16-31-19-13-11-12-14-21(33)25(37)24(19)36/h11-12,19-25,31,33-37H,13-18H2,1-10H3,(H,32,38). The average molecular weight is 559 g/mol. The van der Waals surface area contributed by atoms with Crippen LogP contribution in [-0.4, -0.2) is 86.4 Å². The number of aliphatic hydroxyl groups is 5. The Morgan fingerprint density at radius 2 is 1.41 bits per heavy atom. The number of ether oxygens (including phenoxy) is 1. The van der Waals surface area contributed by atoms with E-state index in [1.165, 1.54) is 0 Å². The topological polar surface area (TPSA) is 152 Å². The van der Waals surface area contributed by atoms with Crippen molar-refractivity contribution in [3.05, 3.63) is 12.2 Å². The van der Waals surface area contributed by atoms with Crippen LogP contribution in [0.3, 0.4) is 0 Å². The lowest BCUT2D eigenvalue weighted by Crippen LogP contribution is -2.57. The Labute approximate surface area is 236 Å². The minimum absolute atomic E-state index is 0.0234. The third-order valence-electron chi connectivity index (χ3n) is 7.14. The summed E-state index contributed by atoms with van der Waals surface area (Å²) in [5.74, 6) is 0. The number of carbonyl (C=O) groups is 1. The van der Waals surface area contributed by atoms with Crippen molar-refractivity contribution >= 4 is 6.09 Å². The lowest BCUT2D eigenvalue weighted by Gasteiger charge is -2.39. The van der Waals surface area contributed by atoms with Crippen LogP contribution in [0.4, 0.5) is 4.79 Å². The first-order chi connectivity index (χ1) is 17.5. The van der Waals surface area contributed by atoms with E-state index in [1.54, 1.807) is 6.08 Å². The molecule has 9 heteroatoms. The van der Waals surface area contributed by atoms with E-state index in [2.05, 4.69) is 52.2 Å². The number of nitrogens with one attached hydrogen (secondary N) is 2. The molecule has 1 rings (SSSR count). The fourth-order valence-corrected chi connectivity index (χ4v) is 5.93. The predicted molar refractivity (Wildman–Crippen MR) is 154 cm³/mol. The number of aliphatic hydroxyl groups excluding tert-OH is 5. The molecule has 0 aromatic heterocycles. The van der Waals surface area contributed by atoms with Crippen molar-refractivity contribution in [1.29, 1.82) is 0 Å². The number of hydrogen-bond donors (Lipinski definition) is 7. The van der Waals surface area contributed by atoms with Crippen molar-refractivity contribution < 1.29 is 35.1 Å². The molecule has 0 bridgehead atoms. The van der Waals surface area contributed by atoms with Crippen LogP contribution in [-0.2, 0) is 4.74 Å². The highest BCUT2D eigenvalue weighted by Gasteiger charge is 2.37. The largest absolute Gasteiger partial charge is 0.444 e. The van der Waals surface area contributed by atoms with Crippen molar-refractivity contribution in [3.8, 4) is 0 Å². The van der Waals surface area contributed by atoms with E-state index in [4.69, 9.17) is 4.74 Å². The van der Waals surface area contributed by atoms with Gasteiger partial charge >= 0.3 is 6.09 Å². The Bertz CT molecular complexity index is 785. The number of rotatable bonds is 11. The Hall–Kier alpha value is -1.23. The number of amides is 1. The van der Waals surface area contributed by atoms with Crippen LogP contribution in [0.1, 0.15) is 101 Å². The summed E-state index contributed by atoms with van der Waals surface area (Å²) in [5.41, 5.74) is -1.32. The molecule has 7 atom stereocenters. The molecule has 1 aliphatic rings. The normalized spacial score (nSPS) is 25.8.